The minimum Gasteiger partial charge on any atom is -0.339 e. The van der Waals surface area contributed by atoms with Gasteiger partial charge in [0.1, 0.15) is 0 Å². The molecule has 1 saturated heterocycles. The van der Waals surface area contributed by atoms with Crippen LogP contribution in [0.3, 0.4) is 0 Å². The SMILES string of the molecule is O=C(Nc1nccs1)C1CCN(C(=O)c2ccc(Cl)cc2Cl)CC1. The topological polar surface area (TPSA) is 62.3 Å². The van der Waals surface area contributed by atoms with Crippen LogP contribution in [0.5, 0.6) is 0 Å². The van der Waals surface area contributed by atoms with Crippen molar-refractivity contribution in [2.45, 2.75) is 12.8 Å². The molecule has 1 fully saturated rings. The molecule has 5 nitrogen and oxygen atoms in total. The van der Waals surface area contributed by atoms with E-state index < -0.39 is 0 Å². The van der Waals surface area contributed by atoms with Crippen LogP contribution in [0.25, 0.3) is 0 Å². The highest BCUT2D eigenvalue weighted by Gasteiger charge is 2.28. The number of carbonyl (C=O) groups excluding carboxylic acids is 2. The third-order valence-electron chi connectivity index (χ3n) is 3.98. The first kappa shape index (κ1) is 17.2. The number of carbonyl (C=O) groups is 2. The normalized spacial score (nSPS) is 15.3. The molecule has 8 heteroatoms. The van der Waals surface area contributed by atoms with E-state index in [1.54, 1.807) is 29.3 Å². The molecule has 1 aromatic carbocycles. The summed E-state index contributed by atoms with van der Waals surface area (Å²) < 4.78 is 0. The van der Waals surface area contributed by atoms with Gasteiger partial charge in [-0.05, 0) is 31.0 Å². The van der Waals surface area contributed by atoms with Crippen LogP contribution >= 0.6 is 34.5 Å². The van der Waals surface area contributed by atoms with Crippen LogP contribution in [0.1, 0.15) is 23.2 Å². The summed E-state index contributed by atoms with van der Waals surface area (Å²) >= 11 is 13.3. The number of piperidine rings is 1. The highest BCUT2D eigenvalue weighted by Crippen LogP contribution is 2.25. The Hall–Kier alpha value is -1.63. The predicted molar refractivity (Wildman–Crippen MR) is 95.8 cm³/mol. The first-order valence-electron chi connectivity index (χ1n) is 7.49. The molecule has 0 bridgehead atoms. The number of amides is 2. The lowest BCUT2D eigenvalue weighted by molar-refractivity contribution is -0.121. The molecule has 24 heavy (non-hydrogen) atoms. The van der Waals surface area contributed by atoms with Gasteiger partial charge in [0.15, 0.2) is 5.13 Å². The molecular weight excluding hydrogens is 369 g/mol. The van der Waals surface area contributed by atoms with Gasteiger partial charge in [0, 0.05) is 35.6 Å². The van der Waals surface area contributed by atoms with Crippen molar-refractivity contribution in [1.82, 2.24) is 9.88 Å². The van der Waals surface area contributed by atoms with Gasteiger partial charge in [-0.3, -0.25) is 9.59 Å². The van der Waals surface area contributed by atoms with Crippen LogP contribution in [-0.2, 0) is 4.79 Å². The van der Waals surface area contributed by atoms with E-state index in [1.807, 2.05) is 5.38 Å². The van der Waals surface area contributed by atoms with E-state index in [0.717, 1.165) is 0 Å². The zero-order valence-corrected chi connectivity index (χ0v) is 15.0. The van der Waals surface area contributed by atoms with E-state index in [4.69, 9.17) is 23.2 Å². The Morgan fingerprint density at radius 1 is 1.25 bits per heavy atom. The smallest absolute Gasteiger partial charge is 0.255 e. The second-order valence-corrected chi connectivity index (χ2v) is 7.26. The van der Waals surface area contributed by atoms with Crippen molar-refractivity contribution in [2.24, 2.45) is 5.92 Å². The fourth-order valence-corrected chi connectivity index (χ4v) is 3.69. The summed E-state index contributed by atoms with van der Waals surface area (Å²) in [6.45, 7) is 1.04. The average molecular weight is 384 g/mol. The van der Waals surface area contributed by atoms with Gasteiger partial charge in [-0.1, -0.05) is 23.2 Å². The van der Waals surface area contributed by atoms with Crippen LogP contribution in [0.2, 0.25) is 10.0 Å². The highest BCUT2D eigenvalue weighted by molar-refractivity contribution is 7.13. The average Bonchev–Trinajstić information content (AvgIpc) is 3.07. The molecule has 2 amide bonds. The fraction of sp³-hybridized carbons (Fsp3) is 0.312. The van der Waals surface area contributed by atoms with Crippen molar-refractivity contribution >= 4 is 51.5 Å². The molecular formula is C16H15Cl2N3O2S. The predicted octanol–water partition coefficient (Wildman–Crippen LogP) is 3.94. The van der Waals surface area contributed by atoms with Crippen LogP contribution in [-0.4, -0.2) is 34.8 Å². The van der Waals surface area contributed by atoms with Gasteiger partial charge in [0.25, 0.3) is 5.91 Å². The number of hydrogen-bond donors (Lipinski definition) is 1. The molecule has 0 radical (unpaired) electrons. The lowest BCUT2D eigenvalue weighted by Gasteiger charge is -2.31. The number of rotatable bonds is 3. The Bertz CT molecular complexity index is 744. The molecule has 0 spiro atoms. The number of nitrogens with one attached hydrogen (secondary N) is 1. The molecule has 2 heterocycles. The standard InChI is InChI=1S/C16H15Cl2N3O2S/c17-11-1-2-12(13(18)9-11)15(23)21-6-3-10(4-7-21)14(22)20-16-19-5-8-24-16/h1-2,5,8-10H,3-4,6-7H2,(H,19,20,22). The molecule has 126 valence electrons. The van der Waals surface area contributed by atoms with Gasteiger partial charge in [0.05, 0.1) is 10.6 Å². The van der Waals surface area contributed by atoms with E-state index in [0.29, 0.717) is 46.7 Å². The number of thiazole rings is 1. The Morgan fingerprint density at radius 2 is 2.00 bits per heavy atom. The highest BCUT2D eigenvalue weighted by atomic mass is 35.5. The zero-order chi connectivity index (χ0) is 17.1. The molecule has 1 N–H and O–H groups in total. The quantitative estimate of drug-likeness (QED) is 0.872. The minimum absolute atomic E-state index is 0.0402. The molecule has 2 aromatic rings. The van der Waals surface area contributed by atoms with Gasteiger partial charge in [-0.15, -0.1) is 11.3 Å². The van der Waals surface area contributed by atoms with E-state index >= 15 is 0 Å². The molecule has 3 rings (SSSR count). The summed E-state index contributed by atoms with van der Waals surface area (Å²) in [4.78, 5) is 30.5. The molecule has 0 aliphatic carbocycles. The maximum Gasteiger partial charge on any atom is 0.255 e. The first-order valence-corrected chi connectivity index (χ1v) is 9.13. The molecule has 0 atom stereocenters. The van der Waals surface area contributed by atoms with E-state index in [2.05, 4.69) is 10.3 Å². The van der Waals surface area contributed by atoms with Crippen LogP contribution in [0, 0.1) is 5.92 Å². The molecule has 1 aliphatic heterocycles. The largest absolute Gasteiger partial charge is 0.339 e. The maximum atomic E-state index is 12.6. The van der Waals surface area contributed by atoms with Crippen LogP contribution in [0.15, 0.2) is 29.8 Å². The number of hydrogen-bond acceptors (Lipinski definition) is 4. The van der Waals surface area contributed by atoms with Crippen molar-refractivity contribution < 1.29 is 9.59 Å². The van der Waals surface area contributed by atoms with Crippen LogP contribution in [0.4, 0.5) is 5.13 Å². The summed E-state index contributed by atoms with van der Waals surface area (Å²) in [6, 6.07) is 4.84. The zero-order valence-electron chi connectivity index (χ0n) is 12.7. The number of aromatic nitrogens is 1. The number of likely N-dealkylation sites (tertiary alicyclic amines) is 1. The lowest BCUT2D eigenvalue weighted by Crippen LogP contribution is -2.41. The van der Waals surface area contributed by atoms with E-state index in [9.17, 15) is 9.59 Å². The van der Waals surface area contributed by atoms with Gasteiger partial charge in [-0.2, -0.15) is 0 Å². The van der Waals surface area contributed by atoms with Gasteiger partial charge < -0.3 is 10.2 Å². The van der Waals surface area contributed by atoms with Gasteiger partial charge in [-0.25, -0.2) is 4.98 Å². The fourth-order valence-electron chi connectivity index (χ4n) is 2.67. The minimum atomic E-state index is -0.129. The monoisotopic (exact) mass is 383 g/mol. The van der Waals surface area contributed by atoms with Crippen molar-refractivity contribution in [1.29, 1.82) is 0 Å². The summed E-state index contributed by atoms with van der Waals surface area (Å²) in [5.74, 6) is -0.282. The second kappa shape index (κ2) is 7.51. The number of benzene rings is 1. The Kier molecular flexibility index (Phi) is 5.38. The van der Waals surface area contributed by atoms with Crippen molar-refractivity contribution in [2.75, 3.05) is 18.4 Å². The van der Waals surface area contributed by atoms with E-state index in [1.165, 1.54) is 11.3 Å². The summed E-state index contributed by atoms with van der Waals surface area (Å²) in [5, 5.41) is 6.07. The Morgan fingerprint density at radius 3 is 2.62 bits per heavy atom. The summed E-state index contributed by atoms with van der Waals surface area (Å²) in [5.41, 5.74) is 0.437. The van der Waals surface area contributed by atoms with Crippen molar-refractivity contribution in [3.8, 4) is 0 Å². The van der Waals surface area contributed by atoms with Crippen LogP contribution < -0.4 is 5.32 Å². The van der Waals surface area contributed by atoms with Gasteiger partial charge in [0.2, 0.25) is 5.91 Å². The third kappa shape index (κ3) is 3.88. The molecule has 0 unspecified atom stereocenters. The second-order valence-electron chi connectivity index (χ2n) is 5.52. The Balaban J connectivity index is 1.58. The maximum absolute atomic E-state index is 12.6. The lowest BCUT2D eigenvalue weighted by atomic mass is 9.95. The Labute approximate surface area is 153 Å². The summed E-state index contributed by atoms with van der Waals surface area (Å²) in [7, 11) is 0. The molecule has 1 aromatic heterocycles. The number of nitrogens with zero attached hydrogens (tertiary/aromatic N) is 2. The summed E-state index contributed by atoms with van der Waals surface area (Å²) in [6.07, 6.45) is 2.89. The van der Waals surface area contributed by atoms with Gasteiger partial charge >= 0.3 is 0 Å². The van der Waals surface area contributed by atoms with E-state index in [-0.39, 0.29) is 17.7 Å². The third-order valence-corrected chi connectivity index (χ3v) is 5.21. The van der Waals surface area contributed by atoms with Crippen molar-refractivity contribution in [3.63, 3.8) is 0 Å². The number of halogens is 2. The van der Waals surface area contributed by atoms with Crippen molar-refractivity contribution in [3.05, 3.63) is 45.4 Å². The first-order chi connectivity index (χ1) is 11.5. The molecule has 1 aliphatic rings. The molecule has 0 saturated carbocycles. The number of anilines is 1.